The normalized spacial score (nSPS) is 10.4. The third-order valence-electron chi connectivity index (χ3n) is 4.55. The van der Waals surface area contributed by atoms with Gasteiger partial charge in [0.25, 0.3) is 5.91 Å². The molecule has 0 saturated heterocycles. The topological polar surface area (TPSA) is 111 Å². The van der Waals surface area contributed by atoms with E-state index in [9.17, 15) is 14.4 Å². The third kappa shape index (κ3) is 7.55. The van der Waals surface area contributed by atoms with Crippen LogP contribution in [0.15, 0.2) is 66.0 Å². The molecule has 0 fully saturated rings. The van der Waals surface area contributed by atoms with Gasteiger partial charge in [-0.3, -0.25) is 14.4 Å². The number of hydrogen-bond donors (Lipinski definition) is 3. The molecule has 0 atom stereocenters. The summed E-state index contributed by atoms with van der Waals surface area (Å²) >= 11 is 1.69. The van der Waals surface area contributed by atoms with Gasteiger partial charge in [-0.2, -0.15) is 0 Å². The number of carbonyl (C=O) groups is 3. The van der Waals surface area contributed by atoms with Crippen LogP contribution in [-0.2, 0) is 16.0 Å². The molecule has 3 amide bonds. The maximum Gasteiger partial charge on any atom is 0.255 e. The van der Waals surface area contributed by atoms with Crippen LogP contribution in [0.2, 0.25) is 0 Å². The van der Waals surface area contributed by atoms with E-state index in [-0.39, 0.29) is 24.8 Å². The fraction of sp³-hybridized carbons (Fsp3) is 0.208. The summed E-state index contributed by atoms with van der Waals surface area (Å²) in [6.45, 7) is 0.202. The smallest absolute Gasteiger partial charge is 0.255 e. The Kier molecular flexibility index (Phi) is 8.39. The molecule has 3 aromatic rings. The van der Waals surface area contributed by atoms with Crippen molar-refractivity contribution in [1.82, 2.24) is 0 Å². The summed E-state index contributed by atoms with van der Waals surface area (Å²) in [5, 5.41) is 7.69. The average Bonchev–Trinajstić information content (AvgIpc) is 3.28. The van der Waals surface area contributed by atoms with Crippen LogP contribution in [-0.4, -0.2) is 24.3 Å². The van der Waals surface area contributed by atoms with E-state index < -0.39 is 5.91 Å². The Morgan fingerprint density at radius 1 is 0.906 bits per heavy atom. The molecule has 0 bridgehead atoms. The predicted octanol–water partition coefficient (Wildman–Crippen LogP) is 4.22. The Morgan fingerprint density at radius 2 is 1.72 bits per heavy atom. The van der Waals surface area contributed by atoms with Crippen LogP contribution in [0.3, 0.4) is 0 Å². The number of hydrogen-bond acceptors (Lipinski definition) is 5. The SMILES string of the molecule is NC(=O)CCOc1ccc(NC(=O)c2cccc(NC(=O)CCCc3cccs3)c2)cc1. The molecule has 0 saturated carbocycles. The first kappa shape index (κ1) is 23.0. The molecular formula is C24H25N3O4S. The zero-order valence-corrected chi connectivity index (χ0v) is 18.3. The standard InChI is InChI=1S/C24H25N3O4S/c25-22(28)13-14-31-20-11-9-18(10-12-20)27-24(30)17-4-1-5-19(16-17)26-23(29)8-2-6-21-7-3-15-32-21/h1,3-5,7,9-12,15-16H,2,6,8,13-14H2,(H2,25,28)(H,26,29)(H,27,30). The Labute approximate surface area is 190 Å². The number of aryl methyl sites for hydroxylation is 1. The van der Waals surface area contributed by atoms with Crippen molar-refractivity contribution in [1.29, 1.82) is 0 Å². The van der Waals surface area contributed by atoms with Crippen LogP contribution in [0.1, 0.15) is 34.5 Å². The summed E-state index contributed by atoms with van der Waals surface area (Å²) in [5.41, 5.74) is 6.69. The van der Waals surface area contributed by atoms with Gasteiger partial charge in [0, 0.05) is 28.2 Å². The Morgan fingerprint density at radius 3 is 2.44 bits per heavy atom. The molecule has 1 aromatic heterocycles. The van der Waals surface area contributed by atoms with Gasteiger partial charge in [0.15, 0.2) is 0 Å². The van der Waals surface area contributed by atoms with E-state index in [4.69, 9.17) is 10.5 Å². The van der Waals surface area contributed by atoms with E-state index in [0.29, 0.717) is 29.1 Å². The van der Waals surface area contributed by atoms with E-state index in [2.05, 4.69) is 16.7 Å². The molecule has 0 radical (unpaired) electrons. The van der Waals surface area contributed by atoms with Gasteiger partial charge in [0.05, 0.1) is 13.0 Å². The van der Waals surface area contributed by atoms with E-state index in [1.807, 2.05) is 11.4 Å². The molecule has 0 unspecified atom stereocenters. The lowest BCUT2D eigenvalue weighted by atomic mass is 10.1. The van der Waals surface area contributed by atoms with E-state index in [1.165, 1.54) is 4.88 Å². The number of thiophene rings is 1. The monoisotopic (exact) mass is 451 g/mol. The maximum atomic E-state index is 12.6. The van der Waals surface area contributed by atoms with Gasteiger partial charge >= 0.3 is 0 Å². The van der Waals surface area contributed by atoms with Crippen molar-refractivity contribution in [3.05, 3.63) is 76.5 Å². The molecule has 0 aliphatic heterocycles. The Hall–Kier alpha value is -3.65. The molecular weight excluding hydrogens is 426 g/mol. The van der Waals surface area contributed by atoms with Crippen molar-refractivity contribution < 1.29 is 19.1 Å². The second kappa shape index (κ2) is 11.7. The molecule has 0 spiro atoms. The largest absolute Gasteiger partial charge is 0.493 e. The molecule has 1 heterocycles. The summed E-state index contributed by atoms with van der Waals surface area (Å²) in [6.07, 6.45) is 2.21. The minimum atomic E-state index is -0.425. The van der Waals surface area contributed by atoms with Crippen molar-refractivity contribution >= 4 is 40.4 Å². The fourth-order valence-electron chi connectivity index (χ4n) is 2.95. The molecule has 2 aromatic carbocycles. The van der Waals surface area contributed by atoms with E-state index in [1.54, 1.807) is 59.9 Å². The van der Waals surface area contributed by atoms with Crippen LogP contribution in [0.25, 0.3) is 0 Å². The highest BCUT2D eigenvalue weighted by atomic mass is 32.1. The molecule has 8 heteroatoms. The number of ether oxygens (including phenoxy) is 1. The van der Waals surface area contributed by atoms with Crippen LogP contribution in [0.5, 0.6) is 5.75 Å². The van der Waals surface area contributed by atoms with Crippen LogP contribution >= 0.6 is 11.3 Å². The second-order valence-electron chi connectivity index (χ2n) is 7.11. The fourth-order valence-corrected chi connectivity index (χ4v) is 3.70. The number of nitrogens with one attached hydrogen (secondary N) is 2. The third-order valence-corrected chi connectivity index (χ3v) is 5.48. The highest BCUT2D eigenvalue weighted by molar-refractivity contribution is 7.09. The molecule has 7 nitrogen and oxygen atoms in total. The first-order chi connectivity index (χ1) is 15.5. The lowest BCUT2D eigenvalue weighted by Crippen LogP contribution is -2.15. The molecule has 4 N–H and O–H groups in total. The van der Waals surface area contributed by atoms with Crippen molar-refractivity contribution in [2.24, 2.45) is 5.73 Å². The van der Waals surface area contributed by atoms with Crippen LogP contribution in [0.4, 0.5) is 11.4 Å². The number of benzene rings is 2. The van der Waals surface area contributed by atoms with E-state index in [0.717, 1.165) is 12.8 Å². The van der Waals surface area contributed by atoms with Crippen LogP contribution < -0.4 is 21.1 Å². The van der Waals surface area contributed by atoms with Crippen molar-refractivity contribution in [3.8, 4) is 5.75 Å². The number of primary amides is 1. The molecule has 32 heavy (non-hydrogen) atoms. The lowest BCUT2D eigenvalue weighted by Gasteiger charge is -2.09. The lowest BCUT2D eigenvalue weighted by molar-refractivity contribution is -0.118. The van der Waals surface area contributed by atoms with Gasteiger partial charge in [-0.25, -0.2) is 0 Å². The number of amides is 3. The first-order valence-electron chi connectivity index (χ1n) is 10.2. The summed E-state index contributed by atoms with van der Waals surface area (Å²) < 4.78 is 5.41. The maximum absolute atomic E-state index is 12.6. The summed E-state index contributed by atoms with van der Waals surface area (Å²) in [4.78, 5) is 36.8. The molecule has 3 rings (SSSR count). The Balaban J connectivity index is 1.48. The minimum Gasteiger partial charge on any atom is -0.493 e. The van der Waals surface area contributed by atoms with Crippen LogP contribution in [0, 0.1) is 0 Å². The second-order valence-corrected chi connectivity index (χ2v) is 8.14. The summed E-state index contributed by atoms with van der Waals surface area (Å²) in [6, 6.07) is 17.7. The number of rotatable bonds is 11. The van der Waals surface area contributed by atoms with Gasteiger partial charge < -0.3 is 21.1 Å². The highest BCUT2D eigenvalue weighted by Gasteiger charge is 2.09. The quantitative estimate of drug-likeness (QED) is 0.405. The van der Waals surface area contributed by atoms with Gasteiger partial charge in [0.1, 0.15) is 5.75 Å². The van der Waals surface area contributed by atoms with E-state index >= 15 is 0 Å². The minimum absolute atomic E-state index is 0.0777. The number of anilines is 2. The number of carbonyl (C=O) groups excluding carboxylic acids is 3. The predicted molar refractivity (Wildman–Crippen MR) is 126 cm³/mol. The first-order valence-corrected chi connectivity index (χ1v) is 11.1. The summed E-state index contributed by atoms with van der Waals surface area (Å²) in [7, 11) is 0. The average molecular weight is 452 g/mol. The van der Waals surface area contributed by atoms with Gasteiger partial charge in [-0.1, -0.05) is 12.1 Å². The summed E-state index contributed by atoms with van der Waals surface area (Å²) in [5.74, 6) is -0.217. The highest BCUT2D eigenvalue weighted by Crippen LogP contribution is 2.18. The van der Waals surface area contributed by atoms with Crippen molar-refractivity contribution in [2.75, 3.05) is 17.2 Å². The van der Waals surface area contributed by atoms with Gasteiger partial charge in [-0.15, -0.1) is 11.3 Å². The number of nitrogens with two attached hydrogens (primary N) is 1. The van der Waals surface area contributed by atoms with Crippen molar-refractivity contribution in [3.63, 3.8) is 0 Å². The van der Waals surface area contributed by atoms with Gasteiger partial charge in [0.2, 0.25) is 11.8 Å². The zero-order valence-electron chi connectivity index (χ0n) is 17.5. The molecule has 0 aliphatic rings. The molecule has 0 aliphatic carbocycles. The molecule has 166 valence electrons. The van der Waals surface area contributed by atoms with Crippen molar-refractivity contribution in [2.45, 2.75) is 25.7 Å². The Bertz CT molecular complexity index is 1050. The zero-order chi connectivity index (χ0) is 22.8. The van der Waals surface area contributed by atoms with Gasteiger partial charge in [-0.05, 0) is 66.8 Å².